The summed E-state index contributed by atoms with van der Waals surface area (Å²) in [5, 5.41) is 9.19. The number of hydrogen-bond donors (Lipinski definition) is 3. The van der Waals surface area contributed by atoms with Crippen molar-refractivity contribution >= 4 is 61.5 Å². The van der Waals surface area contributed by atoms with Crippen LogP contribution in [0.25, 0.3) is 21.8 Å². The lowest BCUT2D eigenvalue weighted by Crippen LogP contribution is -2.20. The number of para-hydroxylation sites is 2. The highest BCUT2D eigenvalue weighted by Gasteiger charge is 2.12. The van der Waals surface area contributed by atoms with Gasteiger partial charge in [0.15, 0.2) is 18.1 Å². The summed E-state index contributed by atoms with van der Waals surface area (Å²) in [4.78, 5) is 20.2. The van der Waals surface area contributed by atoms with Gasteiger partial charge in [-0.25, -0.2) is 10.4 Å². The molecular formula is C27H22BrN5O3. The van der Waals surface area contributed by atoms with E-state index in [2.05, 4.69) is 41.7 Å². The summed E-state index contributed by atoms with van der Waals surface area (Å²) in [5.41, 5.74) is 6.15. The van der Waals surface area contributed by atoms with Gasteiger partial charge in [-0.1, -0.05) is 48.5 Å². The average molecular weight is 544 g/mol. The van der Waals surface area contributed by atoms with Crippen molar-refractivity contribution in [3.05, 3.63) is 88.9 Å². The number of hydrogen-bond acceptors (Lipinski definition) is 6. The molecule has 1 heterocycles. The van der Waals surface area contributed by atoms with Crippen LogP contribution in [-0.4, -0.2) is 35.8 Å². The molecule has 0 atom stereocenters. The number of ether oxygens (including phenoxy) is 2. The molecule has 0 radical (unpaired) electrons. The second kappa shape index (κ2) is 10.5. The second-order valence-electron chi connectivity index (χ2n) is 7.86. The van der Waals surface area contributed by atoms with Crippen molar-refractivity contribution in [2.75, 3.05) is 24.5 Å². The van der Waals surface area contributed by atoms with Gasteiger partial charge in [0.05, 0.1) is 24.4 Å². The van der Waals surface area contributed by atoms with Gasteiger partial charge in [-0.3, -0.25) is 4.79 Å². The van der Waals surface area contributed by atoms with Crippen molar-refractivity contribution in [3.8, 4) is 11.5 Å². The number of H-pyrrole nitrogens is 1. The number of fused-ring (bicyclic) bond motifs is 2. The lowest BCUT2D eigenvalue weighted by molar-refractivity contribution is -0.118. The normalized spacial score (nSPS) is 11.2. The number of nitrogens with zero attached hydrogens (tertiary/aromatic N) is 2. The molecule has 0 unspecified atom stereocenters. The van der Waals surface area contributed by atoms with Crippen molar-refractivity contribution in [2.45, 2.75) is 0 Å². The summed E-state index contributed by atoms with van der Waals surface area (Å²) in [5.74, 6) is 1.17. The van der Waals surface area contributed by atoms with Crippen LogP contribution in [0.2, 0.25) is 0 Å². The Kier molecular flexibility index (Phi) is 6.81. The molecule has 0 aliphatic rings. The molecule has 4 aromatic carbocycles. The van der Waals surface area contributed by atoms with Gasteiger partial charge in [0.1, 0.15) is 0 Å². The van der Waals surface area contributed by atoms with Crippen molar-refractivity contribution < 1.29 is 14.3 Å². The lowest BCUT2D eigenvalue weighted by atomic mass is 10.1. The summed E-state index contributed by atoms with van der Waals surface area (Å²) in [6.45, 7) is -0.174. The first-order chi connectivity index (χ1) is 17.6. The predicted molar refractivity (Wildman–Crippen MR) is 146 cm³/mol. The summed E-state index contributed by atoms with van der Waals surface area (Å²) in [6.07, 6.45) is 1.64. The number of carbonyl (C=O) groups excluding carboxylic acids is 1. The molecule has 0 saturated heterocycles. The summed E-state index contributed by atoms with van der Waals surface area (Å²) < 4.78 is 12.0. The Morgan fingerprint density at radius 3 is 2.72 bits per heavy atom. The van der Waals surface area contributed by atoms with E-state index in [0.29, 0.717) is 17.4 Å². The van der Waals surface area contributed by atoms with Crippen molar-refractivity contribution in [2.24, 2.45) is 5.10 Å². The van der Waals surface area contributed by atoms with Crippen LogP contribution < -0.4 is 20.2 Å². The molecule has 9 heteroatoms. The highest BCUT2D eigenvalue weighted by atomic mass is 79.9. The van der Waals surface area contributed by atoms with E-state index < -0.39 is 0 Å². The van der Waals surface area contributed by atoms with Crippen LogP contribution in [0.5, 0.6) is 11.5 Å². The van der Waals surface area contributed by atoms with E-state index in [4.69, 9.17) is 9.47 Å². The van der Waals surface area contributed by atoms with Gasteiger partial charge in [0, 0.05) is 21.1 Å². The third-order valence-electron chi connectivity index (χ3n) is 5.47. The van der Waals surface area contributed by atoms with E-state index in [9.17, 15) is 4.79 Å². The number of hydrazone groups is 1. The molecule has 0 aliphatic carbocycles. The fourth-order valence-electron chi connectivity index (χ4n) is 3.75. The van der Waals surface area contributed by atoms with Crippen LogP contribution in [0.1, 0.15) is 5.56 Å². The molecule has 3 N–H and O–H groups in total. The maximum Gasteiger partial charge on any atom is 0.262 e. The Morgan fingerprint density at radius 1 is 1.06 bits per heavy atom. The Labute approximate surface area is 215 Å². The summed E-state index contributed by atoms with van der Waals surface area (Å²) in [7, 11) is 1.54. The van der Waals surface area contributed by atoms with E-state index in [1.807, 2.05) is 66.7 Å². The van der Waals surface area contributed by atoms with Crippen LogP contribution in [0.15, 0.2) is 88.4 Å². The van der Waals surface area contributed by atoms with Crippen LogP contribution in [0.4, 0.5) is 11.6 Å². The Hall–Kier alpha value is -4.37. The lowest BCUT2D eigenvalue weighted by Gasteiger charge is -2.13. The molecule has 0 fully saturated rings. The van der Waals surface area contributed by atoms with E-state index >= 15 is 0 Å². The minimum Gasteiger partial charge on any atom is -0.493 e. The average Bonchev–Trinajstić information content (AvgIpc) is 3.31. The SMILES string of the molecule is COc1cc(/C=N\Nc2nc3ccccc3[nH]2)c(Br)cc1OCC(=O)Nc1cccc2ccccc12. The molecular weight excluding hydrogens is 522 g/mol. The number of anilines is 2. The fraction of sp³-hybridized carbons (Fsp3) is 0.0741. The third kappa shape index (κ3) is 5.16. The van der Waals surface area contributed by atoms with E-state index in [1.165, 1.54) is 0 Å². The molecule has 5 aromatic rings. The number of aromatic amines is 1. The molecule has 8 nitrogen and oxygen atoms in total. The number of halogens is 1. The number of rotatable bonds is 8. The Balaban J connectivity index is 1.24. The molecule has 1 aromatic heterocycles. The van der Waals surface area contributed by atoms with Gasteiger partial charge in [-0.2, -0.15) is 5.10 Å². The Morgan fingerprint density at radius 2 is 1.86 bits per heavy atom. The van der Waals surface area contributed by atoms with Crippen LogP contribution in [0.3, 0.4) is 0 Å². The van der Waals surface area contributed by atoms with Crippen LogP contribution in [-0.2, 0) is 4.79 Å². The zero-order chi connectivity index (χ0) is 24.9. The van der Waals surface area contributed by atoms with Crippen molar-refractivity contribution in [1.29, 1.82) is 0 Å². The molecule has 0 spiro atoms. The van der Waals surface area contributed by atoms with E-state index in [0.717, 1.165) is 37.5 Å². The van der Waals surface area contributed by atoms with E-state index in [1.54, 1.807) is 25.5 Å². The first-order valence-electron chi connectivity index (χ1n) is 11.1. The molecule has 0 saturated carbocycles. The zero-order valence-electron chi connectivity index (χ0n) is 19.3. The molecule has 36 heavy (non-hydrogen) atoms. The monoisotopic (exact) mass is 543 g/mol. The van der Waals surface area contributed by atoms with Crippen LogP contribution in [0, 0.1) is 0 Å². The number of aromatic nitrogens is 2. The van der Waals surface area contributed by atoms with E-state index in [-0.39, 0.29) is 12.5 Å². The maximum absolute atomic E-state index is 12.6. The summed E-state index contributed by atoms with van der Waals surface area (Å²) in [6, 6.07) is 24.9. The van der Waals surface area contributed by atoms with Gasteiger partial charge < -0.3 is 19.8 Å². The summed E-state index contributed by atoms with van der Waals surface area (Å²) >= 11 is 3.53. The largest absolute Gasteiger partial charge is 0.493 e. The Bertz CT molecular complexity index is 1540. The minimum atomic E-state index is -0.273. The number of nitrogens with one attached hydrogen (secondary N) is 3. The second-order valence-corrected chi connectivity index (χ2v) is 8.72. The smallest absolute Gasteiger partial charge is 0.262 e. The number of methoxy groups -OCH3 is 1. The van der Waals surface area contributed by atoms with Gasteiger partial charge in [0.2, 0.25) is 5.95 Å². The molecule has 0 bridgehead atoms. The van der Waals surface area contributed by atoms with Gasteiger partial charge in [-0.15, -0.1) is 0 Å². The highest BCUT2D eigenvalue weighted by Crippen LogP contribution is 2.33. The third-order valence-corrected chi connectivity index (χ3v) is 6.16. The molecule has 180 valence electrons. The quantitative estimate of drug-likeness (QED) is 0.166. The predicted octanol–water partition coefficient (Wildman–Crippen LogP) is 5.95. The molecule has 5 rings (SSSR count). The van der Waals surface area contributed by atoms with Crippen molar-refractivity contribution in [3.63, 3.8) is 0 Å². The number of imidazole rings is 1. The van der Waals surface area contributed by atoms with Gasteiger partial charge in [0.25, 0.3) is 5.91 Å². The topological polar surface area (TPSA) is 101 Å². The minimum absolute atomic E-state index is 0.174. The van der Waals surface area contributed by atoms with Crippen LogP contribution >= 0.6 is 15.9 Å². The molecule has 1 amide bonds. The van der Waals surface area contributed by atoms with Crippen molar-refractivity contribution in [1.82, 2.24) is 9.97 Å². The standard InChI is InChI=1S/C27H22BrN5O3/c1-35-24-13-18(15-29-33-27-31-22-10-4-5-11-23(22)32-27)20(28)14-25(24)36-16-26(34)30-21-12-6-8-17-7-2-3-9-19(17)21/h2-15H,16H2,1H3,(H,30,34)(H2,31,32,33)/b29-15-. The number of carbonyl (C=O) groups is 1. The maximum atomic E-state index is 12.6. The van der Waals surface area contributed by atoms with Gasteiger partial charge >= 0.3 is 0 Å². The zero-order valence-corrected chi connectivity index (χ0v) is 20.9. The number of amides is 1. The highest BCUT2D eigenvalue weighted by molar-refractivity contribution is 9.10. The fourth-order valence-corrected chi connectivity index (χ4v) is 4.18. The first-order valence-corrected chi connectivity index (χ1v) is 11.9. The van der Waals surface area contributed by atoms with Gasteiger partial charge in [-0.05, 0) is 51.6 Å². The number of benzene rings is 4. The first kappa shape index (κ1) is 23.4. The molecule has 0 aliphatic heterocycles.